The molecule has 0 spiro atoms. The van der Waals surface area contributed by atoms with Crippen LogP contribution in [0.2, 0.25) is 36.3 Å². The second-order valence-electron chi connectivity index (χ2n) is 9.75. The van der Waals surface area contributed by atoms with E-state index in [0.717, 1.165) is 10.9 Å². The lowest BCUT2D eigenvalue weighted by molar-refractivity contribution is 0.0698. The smallest absolute Gasteiger partial charge is 0.335 e. The van der Waals surface area contributed by atoms with Gasteiger partial charge in [-0.25, -0.2) is 4.79 Å². The van der Waals surface area contributed by atoms with E-state index < -0.39 is 22.4 Å². The topological polar surface area (TPSA) is 46.5 Å². The third kappa shape index (κ3) is 4.12. The summed E-state index contributed by atoms with van der Waals surface area (Å²) >= 11 is 0. The van der Waals surface area contributed by atoms with E-state index in [-0.39, 0.29) is 10.1 Å². The van der Waals surface area contributed by atoms with Crippen LogP contribution in [0.25, 0.3) is 0 Å². The van der Waals surface area contributed by atoms with E-state index in [2.05, 4.69) is 67.7 Å². The normalized spacial score (nSPS) is 13.8. The summed E-state index contributed by atoms with van der Waals surface area (Å²) in [5.74, 6) is -0.0416. The second kappa shape index (κ2) is 6.34. The van der Waals surface area contributed by atoms with Gasteiger partial charge in [-0.15, -0.1) is 0 Å². The van der Waals surface area contributed by atoms with E-state index in [1.165, 1.54) is 0 Å². The summed E-state index contributed by atoms with van der Waals surface area (Å²) in [6, 6.07) is 5.54. The SMILES string of the molecule is CC(C)(C)[Si](C)(C)Oc1ccc(C(=O)O)c([Si](C)(C)C(C)(C)C)c1. The molecule has 0 aromatic heterocycles. The first-order valence-corrected chi connectivity index (χ1v) is 14.5. The average Bonchev–Trinajstić information content (AvgIpc) is 2.35. The molecule has 0 amide bonds. The molecule has 0 aliphatic rings. The Kier molecular flexibility index (Phi) is 5.53. The molecule has 5 heteroatoms. The Balaban J connectivity index is 3.46. The highest BCUT2D eigenvalue weighted by molar-refractivity contribution is 6.92. The molecular weight excluding hydrogens is 332 g/mol. The average molecular weight is 367 g/mol. The van der Waals surface area contributed by atoms with Crippen LogP contribution in [0, 0.1) is 0 Å². The summed E-state index contributed by atoms with van der Waals surface area (Å²) < 4.78 is 6.42. The number of benzene rings is 1. The number of rotatable bonds is 4. The van der Waals surface area contributed by atoms with Crippen molar-refractivity contribution in [1.29, 1.82) is 0 Å². The van der Waals surface area contributed by atoms with Gasteiger partial charge in [0.15, 0.2) is 0 Å². The van der Waals surface area contributed by atoms with Crippen molar-refractivity contribution in [1.82, 2.24) is 0 Å². The molecule has 0 saturated carbocycles. The molecule has 0 unspecified atom stereocenters. The van der Waals surface area contributed by atoms with Gasteiger partial charge in [-0.2, -0.15) is 0 Å². The fraction of sp³-hybridized carbons (Fsp3) is 0.632. The maximum absolute atomic E-state index is 11.7. The van der Waals surface area contributed by atoms with Gasteiger partial charge in [-0.1, -0.05) is 54.6 Å². The molecule has 1 aromatic rings. The van der Waals surface area contributed by atoms with Gasteiger partial charge in [0.05, 0.1) is 13.6 Å². The molecule has 24 heavy (non-hydrogen) atoms. The van der Waals surface area contributed by atoms with Gasteiger partial charge in [0, 0.05) is 0 Å². The quantitative estimate of drug-likeness (QED) is 0.717. The zero-order chi connectivity index (χ0) is 19.1. The van der Waals surface area contributed by atoms with Crippen molar-refractivity contribution in [2.24, 2.45) is 0 Å². The molecule has 0 fully saturated rings. The molecule has 1 rings (SSSR count). The number of hydrogen-bond acceptors (Lipinski definition) is 2. The molecule has 136 valence electrons. The standard InChI is InChI=1S/C19H34O3Si2/c1-18(2,3)23(7,8)16-13-14(11-12-15(16)17(20)21)22-24(9,10)19(4,5)6/h11-13H,1-10H3,(H,20,21). The van der Waals surface area contributed by atoms with Crippen LogP contribution in [-0.4, -0.2) is 27.5 Å². The number of carboxylic acids is 1. The molecule has 0 atom stereocenters. The van der Waals surface area contributed by atoms with E-state index in [4.69, 9.17) is 4.43 Å². The third-order valence-corrected chi connectivity index (χ3v) is 15.8. The first-order valence-electron chi connectivity index (χ1n) is 8.57. The van der Waals surface area contributed by atoms with Crippen LogP contribution in [0.15, 0.2) is 18.2 Å². The molecule has 0 heterocycles. The summed E-state index contributed by atoms with van der Waals surface area (Å²) in [6.45, 7) is 22.1. The van der Waals surface area contributed by atoms with Gasteiger partial charge in [-0.05, 0) is 46.6 Å². The highest BCUT2D eigenvalue weighted by Crippen LogP contribution is 2.39. The van der Waals surface area contributed by atoms with E-state index in [1.807, 2.05) is 12.1 Å². The van der Waals surface area contributed by atoms with E-state index in [1.54, 1.807) is 6.07 Å². The maximum Gasteiger partial charge on any atom is 0.335 e. The van der Waals surface area contributed by atoms with Crippen molar-refractivity contribution in [2.45, 2.75) is 77.8 Å². The number of carboxylic acid groups (broad SMARTS) is 1. The predicted octanol–water partition coefficient (Wildman–Crippen LogP) is 5.48. The Morgan fingerprint density at radius 2 is 1.46 bits per heavy atom. The molecule has 0 bridgehead atoms. The van der Waals surface area contributed by atoms with E-state index in [0.29, 0.717) is 5.56 Å². The Hall–Kier alpha value is -1.08. The second-order valence-corrected chi connectivity index (χ2v) is 19.8. The highest BCUT2D eigenvalue weighted by Gasteiger charge is 2.41. The Morgan fingerprint density at radius 1 is 0.958 bits per heavy atom. The van der Waals surface area contributed by atoms with Crippen molar-refractivity contribution >= 4 is 27.5 Å². The molecule has 0 aliphatic heterocycles. The van der Waals surface area contributed by atoms with Crippen LogP contribution in [-0.2, 0) is 0 Å². The summed E-state index contributed by atoms with van der Waals surface area (Å²) in [5, 5.41) is 10.8. The van der Waals surface area contributed by atoms with Crippen molar-refractivity contribution in [3.8, 4) is 5.75 Å². The Bertz CT molecular complexity index is 620. The lowest BCUT2D eigenvalue weighted by Crippen LogP contribution is -2.52. The minimum Gasteiger partial charge on any atom is -0.544 e. The van der Waals surface area contributed by atoms with Gasteiger partial charge < -0.3 is 9.53 Å². The minimum atomic E-state index is -1.99. The highest BCUT2D eigenvalue weighted by atomic mass is 28.4. The van der Waals surface area contributed by atoms with Crippen LogP contribution >= 0.6 is 0 Å². The molecule has 1 N–H and O–H groups in total. The Morgan fingerprint density at radius 3 is 1.83 bits per heavy atom. The van der Waals surface area contributed by atoms with E-state index >= 15 is 0 Å². The third-order valence-electron chi connectivity index (χ3n) is 5.95. The first-order chi connectivity index (χ1) is 10.5. The van der Waals surface area contributed by atoms with Gasteiger partial charge in [0.25, 0.3) is 0 Å². The fourth-order valence-corrected chi connectivity index (χ4v) is 5.34. The monoisotopic (exact) mass is 366 g/mol. The maximum atomic E-state index is 11.7. The van der Waals surface area contributed by atoms with E-state index in [9.17, 15) is 9.90 Å². The lowest BCUT2D eigenvalue weighted by atomic mass is 10.2. The van der Waals surface area contributed by atoms with Crippen LogP contribution in [0.4, 0.5) is 0 Å². The van der Waals surface area contributed by atoms with Gasteiger partial charge >= 0.3 is 5.97 Å². The van der Waals surface area contributed by atoms with Crippen LogP contribution in [0.1, 0.15) is 51.9 Å². The number of carbonyl (C=O) groups is 1. The zero-order valence-corrected chi connectivity index (χ0v) is 19.0. The minimum absolute atomic E-state index is 0.0623. The fourth-order valence-electron chi connectivity index (χ4n) is 2.14. The van der Waals surface area contributed by atoms with Crippen molar-refractivity contribution in [2.75, 3.05) is 0 Å². The van der Waals surface area contributed by atoms with Gasteiger partial charge in [0.2, 0.25) is 8.32 Å². The summed E-state index contributed by atoms with van der Waals surface area (Å²) in [6.07, 6.45) is 0. The van der Waals surface area contributed by atoms with Crippen molar-refractivity contribution < 1.29 is 14.3 Å². The summed E-state index contributed by atoms with van der Waals surface area (Å²) in [4.78, 5) is 11.7. The molecule has 0 saturated heterocycles. The largest absolute Gasteiger partial charge is 0.544 e. The molecule has 0 aliphatic carbocycles. The summed E-state index contributed by atoms with van der Waals surface area (Å²) in [7, 11) is -3.94. The van der Waals surface area contributed by atoms with Gasteiger partial charge in [-0.3, -0.25) is 0 Å². The van der Waals surface area contributed by atoms with Crippen LogP contribution < -0.4 is 9.61 Å². The molecule has 0 radical (unpaired) electrons. The molecule has 3 nitrogen and oxygen atoms in total. The van der Waals surface area contributed by atoms with Crippen molar-refractivity contribution in [3.05, 3.63) is 23.8 Å². The first kappa shape index (κ1) is 21.0. The van der Waals surface area contributed by atoms with Gasteiger partial charge in [0.1, 0.15) is 5.75 Å². The number of aromatic carboxylic acids is 1. The number of hydrogen-bond donors (Lipinski definition) is 1. The predicted molar refractivity (Wildman–Crippen MR) is 108 cm³/mol. The van der Waals surface area contributed by atoms with Crippen LogP contribution in [0.3, 0.4) is 0 Å². The molecular formula is C19H34O3Si2. The molecule has 1 aromatic carbocycles. The van der Waals surface area contributed by atoms with Crippen molar-refractivity contribution in [3.63, 3.8) is 0 Å². The van der Waals surface area contributed by atoms with Crippen LogP contribution in [0.5, 0.6) is 5.75 Å². The zero-order valence-electron chi connectivity index (χ0n) is 17.0. The summed E-state index contributed by atoms with van der Waals surface area (Å²) in [5.41, 5.74) is 0.421. The Labute approximate surface area is 149 Å². The lowest BCUT2D eigenvalue weighted by Gasteiger charge is -2.39.